The Morgan fingerprint density at radius 3 is 2.67 bits per heavy atom. The van der Waals surface area contributed by atoms with Gasteiger partial charge in [-0.3, -0.25) is 9.59 Å². The van der Waals surface area contributed by atoms with E-state index in [1.54, 1.807) is 0 Å². The summed E-state index contributed by atoms with van der Waals surface area (Å²) in [5, 5.41) is 12.9. The highest BCUT2D eigenvalue weighted by atomic mass is 17.1. The molecule has 12 heavy (non-hydrogen) atoms. The second-order valence-corrected chi connectivity index (χ2v) is 2.81. The van der Waals surface area contributed by atoms with E-state index in [1.165, 1.54) is 13.8 Å². The molecule has 2 unspecified atom stereocenters. The van der Waals surface area contributed by atoms with Gasteiger partial charge in [0.2, 0.25) is 5.91 Å². The number of hydrogen-bond donors (Lipinski definition) is 3. The van der Waals surface area contributed by atoms with E-state index in [2.05, 4.69) is 15.5 Å². The van der Waals surface area contributed by atoms with Gasteiger partial charge >= 0.3 is 0 Å². The molecule has 0 bridgehead atoms. The lowest BCUT2D eigenvalue weighted by Crippen LogP contribution is -2.68. The Hall–Kier alpha value is -1.14. The van der Waals surface area contributed by atoms with E-state index in [4.69, 9.17) is 5.26 Å². The molecular weight excluding hydrogens is 164 g/mol. The van der Waals surface area contributed by atoms with Crippen LogP contribution in [0.15, 0.2) is 0 Å². The second kappa shape index (κ2) is 2.72. The van der Waals surface area contributed by atoms with E-state index in [1.807, 2.05) is 0 Å². The van der Waals surface area contributed by atoms with E-state index in [-0.39, 0.29) is 0 Å². The molecule has 0 aliphatic carbocycles. The lowest BCUT2D eigenvalue weighted by molar-refractivity contribution is -0.315. The van der Waals surface area contributed by atoms with Crippen molar-refractivity contribution in [3.05, 3.63) is 0 Å². The normalized spacial score (nSPS) is 35.8. The number of amides is 2. The fourth-order valence-electron chi connectivity index (χ4n) is 0.864. The van der Waals surface area contributed by atoms with Gasteiger partial charge in [-0.2, -0.15) is 0 Å². The van der Waals surface area contributed by atoms with Crippen LogP contribution in [0, 0.1) is 0 Å². The van der Waals surface area contributed by atoms with Gasteiger partial charge in [0.05, 0.1) is 0 Å². The molecule has 0 spiro atoms. The third kappa shape index (κ3) is 1.26. The number of hydrogen-bond acceptors (Lipinski definition) is 4. The summed E-state index contributed by atoms with van der Waals surface area (Å²) in [5.74, 6) is -0.969. The highest BCUT2D eigenvalue weighted by molar-refractivity contribution is 5.98. The Bertz CT molecular complexity index is 230. The molecule has 1 rings (SSSR count). The van der Waals surface area contributed by atoms with Crippen LogP contribution in [0.1, 0.15) is 13.8 Å². The number of carbonyl (C=O) groups excluding carboxylic acids is 2. The average Bonchev–Trinajstić information content (AvgIpc) is 2.01. The minimum atomic E-state index is -1.66. The van der Waals surface area contributed by atoms with Crippen LogP contribution in [0.5, 0.6) is 0 Å². The van der Waals surface area contributed by atoms with Crippen LogP contribution in [0.2, 0.25) is 0 Å². The highest BCUT2D eigenvalue weighted by Gasteiger charge is 2.43. The second-order valence-electron chi connectivity index (χ2n) is 2.81. The number of carbonyl (C=O) groups is 2. The molecule has 3 N–H and O–H groups in total. The molecule has 1 fully saturated rings. The van der Waals surface area contributed by atoms with E-state index < -0.39 is 23.6 Å². The van der Waals surface area contributed by atoms with Crippen molar-refractivity contribution in [3.8, 4) is 0 Å². The lowest BCUT2D eigenvalue weighted by Gasteiger charge is -2.32. The lowest BCUT2D eigenvalue weighted by atomic mass is 10.1. The maximum atomic E-state index is 11.1. The van der Waals surface area contributed by atoms with Gasteiger partial charge in [-0.05, 0) is 13.8 Å². The predicted molar refractivity (Wildman–Crippen MR) is 37.9 cm³/mol. The molecule has 2 amide bonds. The van der Waals surface area contributed by atoms with Crippen molar-refractivity contribution in [2.45, 2.75) is 25.6 Å². The van der Waals surface area contributed by atoms with Crippen molar-refractivity contribution < 1.29 is 19.7 Å². The van der Waals surface area contributed by atoms with E-state index in [0.717, 1.165) is 0 Å². The summed E-state index contributed by atoms with van der Waals surface area (Å²) in [4.78, 5) is 26.0. The van der Waals surface area contributed by atoms with Gasteiger partial charge < -0.3 is 10.6 Å². The standard InChI is InChI=1S/C6H10N2O4/c1-3-4(9)8-6(2,12-11)5(10)7-3/h3,11H,1-2H3,(H,7,10)(H,8,9). The molecule has 0 aromatic carbocycles. The van der Waals surface area contributed by atoms with Gasteiger partial charge in [0.15, 0.2) is 0 Å². The summed E-state index contributed by atoms with van der Waals surface area (Å²) in [5.41, 5.74) is -1.66. The van der Waals surface area contributed by atoms with Crippen molar-refractivity contribution in [2.75, 3.05) is 0 Å². The van der Waals surface area contributed by atoms with Crippen molar-refractivity contribution in [1.29, 1.82) is 0 Å². The Morgan fingerprint density at radius 2 is 2.17 bits per heavy atom. The molecule has 0 radical (unpaired) electrons. The Morgan fingerprint density at radius 1 is 1.58 bits per heavy atom. The topological polar surface area (TPSA) is 87.7 Å². The van der Waals surface area contributed by atoms with Crippen LogP contribution >= 0.6 is 0 Å². The maximum absolute atomic E-state index is 11.1. The van der Waals surface area contributed by atoms with Crippen LogP contribution < -0.4 is 10.6 Å². The third-order valence-corrected chi connectivity index (χ3v) is 1.72. The van der Waals surface area contributed by atoms with E-state index in [0.29, 0.717) is 0 Å². The molecular formula is C6H10N2O4. The minimum Gasteiger partial charge on any atom is -0.340 e. The molecule has 0 aromatic rings. The first-order valence-corrected chi connectivity index (χ1v) is 3.45. The molecule has 0 saturated carbocycles. The fourth-order valence-corrected chi connectivity index (χ4v) is 0.864. The minimum absolute atomic E-state index is 0.397. The summed E-state index contributed by atoms with van der Waals surface area (Å²) < 4.78 is 0. The van der Waals surface area contributed by atoms with Crippen LogP contribution in [-0.4, -0.2) is 28.8 Å². The fraction of sp³-hybridized carbons (Fsp3) is 0.667. The average molecular weight is 174 g/mol. The molecule has 1 saturated heterocycles. The first kappa shape index (κ1) is 8.95. The summed E-state index contributed by atoms with van der Waals surface area (Å²) in [6, 6.07) is -0.597. The quantitative estimate of drug-likeness (QED) is 0.345. The molecule has 68 valence electrons. The first-order valence-electron chi connectivity index (χ1n) is 3.45. The summed E-state index contributed by atoms with van der Waals surface area (Å²) in [7, 11) is 0. The van der Waals surface area contributed by atoms with Crippen molar-refractivity contribution in [1.82, 2.24) is 10.6 Å². The highest BCUT2D eigenvalue weighted by Crippen LogP contribution is 2.09. The summed E-state index contributed by atoms with van der Waals surface area (Å²) >= 11 is 0. The largest absolute Gasteiger partial charge is 0.340 e. The SMILES string of the molecule is CC1NC(=O)C(C)(OO)NC1=O. The van der Waals surface area contributed by atoms with Crippen LogP contribution in [0.25, 0.3) is 0 Å². The van der Waals surface area contributed by atoms with Gasteiger partial charge in [0.25, 0.3) is 11.6 Å². The number of piperazine rings is 1. The zero-order chi connectivity index (χ0) is 9.35. The molecule has 6 nitrogen and oxygen atoms in total. The summed E-state index contributed by atoms with van der Waals surface area (Å²) in [6.07, 6.45) is 0. The molecule has 6 heteroatoms. The predicted octanol–water partition coefficient (Wildman–Crippen LogP) is -1.17. The first-order chi connectivity index (χ1) is 5.49. The molecule has 1 aliphatic rings. The monoisotopic (exact) mass is 174 g/mol. The van der Waals surface area contributed by atoms with Gasteiger partial charge in [0, 0.05) is 0 Å². The van der Waals surface area contributed by atoms with Crippen LogP contribution in [0.3, 0.4) is 0 Å². The zero-order valence-corrected chi connectivity index (χ0v) is 6.75. The molecule has 1 aliphatic heterocycles. The van der Waals surface area contributed by atoms with Gasteiger partial charge in [-0.1, -0.05) is 0 Å². The molecule has 2 atom stereocenters. The Balaban J connectivity index is 2.81. The molecule has 0 aromatic heterocycles. The summed E-state index contributed by atoms with van der Waals surface area (Å²) in [6.45, 7) is 2.79. The van der Waals surface area contributed by atoms with E-state index in [9.17, 15) is 9.59 Å². The van der Waals surface area contributed by atoms with Crippen molar-refractivity contribution in [3.63, 3.8) is 0 Å². The van der Waals surface area contributed by atoms with Crippen molar-refractivity contribution in [2.24, 2.45) is 0 Å². The number of nitrogens with one attached hydrogen (secondary N) is 2. The van der Waals surface area contributed by atoms with Gasteiger partial charge in [-0.25, -0.2) is 10.1 Å². The van der Waals surface area contributed by atoms with Crippen molar-refractivity contribution >= 4 is 11.8 Å². The van der Waals surface area contributed by atoms with Gasteiger partial charge in [-0.15, -0.1) is 0 Å². The van der Waals surface area contributed by atoms with Crippen LogP contribution in [-0.2, 0) is 14.5 Å². The van der Waals surface area contributed by atoms with Crippen LogP contribution in [0.4, 0.5) is 0 Å². The Labute approximate surface area is 68.8 Å². The maximum Gasteiger partial charge on any atom is 0.276 e. The van der Waals surface area contributed by atoms with Gasteiger partial charge in [0.1, 0.15) is 6.04 Å². The molecule has 1 heterocycles. The smallest absolute Gasteiger partial charge is 0.276 e. The Kier molecular flexibility index (Phi) is 2.03. The zero-order valence-electron chi connectivity index (χ0n) is 6.75. The van der Waals surface area contributed by atoms with E-state index >= 15 is 0 Å². The third-order valence-electron chi connectivity index (χ3n) is 1.72. The number of rotatable bonds is 1.